The van der Waals surface area contributed by atoms with Gasteiger partial charge < -0.3 is 4.90 Å². The van der Waals surface area contributed by atoms with E-state index in [2.05, 4.69) is 35.7 Å². The van der Waals surface area contributed by atoms with E-state index >= 15 is 0 Å². The monoisotopic (exact) mass is 363 g/mol. The number of carbonyl (C=O) groups excluding carboxylic acids is 1. The third-order valence-corrected chi connectivity index (χ3v) is 5.44. The van der Waals surface area contributed by atoms with Crippen molar-refractivity contribution in [3.63, 3.8) is 0 Å². The summed E-state index contributed by atoms with van der Waals surface area (Å²) in [5, 5.41) is 4.82. The van der Waals surface area contributed by atoms with Crippen molar-refractivity contribution in [3.8, 4) is 11.3 Å². The molecule has 140 valence electrons. The Labute approximate surface area is 159 Å². The van der Waals surface area contributed by atoms with Gasteiger partial charge in [-0.2, -0.15) is 0 Å². The number of benzene rings is 1. The number of carbonyl (C=O) groups is 1. The molecule has 0 bridgehead atoms. The molecule has 2 atom stereocenters. The second kappa shape index (κ2) is 6.78. The Bertz CT molecular complexity index is 981. The van der Waals surface area contributed by atoms with Gasteiger partial charge >= 0.3 is 0 Å². The first kappa shape index (κ1) is 17.7. The first-order chi connectivity index (χ1) is 13.0. The Morgan fingerprint density at radius 2 is 1.78 bits per heavy atom. The number of nitrogens with zero attached hydrogens (tertiary/aromatic N) is 5. The van der Waals surface area contributed by atoms with Crippen LogP contribution in [0.1, 0.15) is 31.3 Å². The van der Waals surface area contributed by atoms with Crippen molar-refractivity contribution in [3.05, 3.63) is 48.2 Å². The van der Waals surface area contributed by atoms with E-state index in [0.717, 1.165) is 24.5 Å². The molecule has 1 saturated heterocycles. The maximum absolute atomic E-state index is 12.4. The summed E-state index contributed by atoms with van der Waals surface area (Å²) in [5.41, 5.74) is 2.84. The summed E-state index contributed by atoms with van der Waals surface area (Å²) in [6.07, 6.45) is 0. The maximum Gasteiger partial charge on any atom is 0.180 e. The fourth-order valence-corrected chi connectivity index (χ4v) is 3.81. The van der Waals surface area contributed by atoms with Crippen LogP contribution in [0.4, 0.5) is 5.82 Å². The second-order valence-electron chi connectivity index (χ2n) is 7.48. The Kier molecular flexibility index (Phi) is 4.44. The molecule has 0 spiro atoms. The minimum Gasteiger partial charge on any atom is -0.350 e. The molecule has 6 nitrogen and oxygen atoms in total. The Hall–Kier alpha value is -2.73. The Morgan fingerprint density at radius 3 is 2.48 bits per heavy atom. The average molecular weight is 363 g/mol. The van der Waals surface area contributed by atoms with Crippen LogP contribution >= 0.6 is 0 Å². The quantitative estimate of drug-likeness (QED) is 0.669. The van der Waals surface area contributed by atoms with Gasteiger partial charge in [0.25, 0.3) is 0 Å². The first-order valence-electron chi connectivity index (χ1n) is 9.38. The number of aromatic nitrogens is 3. The van der Waals surface area contributed by atoms with Crippen LogP contribution in [-0.4, -0.2) is 57.5 Å². The van der Waals surface area contributed by atoms with E-state index in [1.54, 1.807) is 11.4 Å². The lowest BCUT2D eigenvalue weighted by Gasteiger charge is -2.43. The fourth-order valence-electron chi connectivity index (χ4n) is 3.81. The third kappa shape index (κ3) is 3.10. The number of piperazine rings is 1. The molecule has 0 saturated carbocycles. The molecular weight excluding hydrogens is 338 g/mol. The standard InChI is InChI=1S/C21H25N5O/c1-14-13-25(15(2)12-24(14)4)19-11-10-18-22-20(17-8-6-5-7-9-17)21(16(3)27)26(18)23-19/h5-11,14-15H,12-13H2,1-4H3/t14-,15-/m0/s1. The lowest BCUT2D eigenvalue weighted by atomic mass is 10.1. The van der Waals surface area contributed by atoms with Crippen molar-refractivity contribution in [2.75, 3.05) is 25.0 Å². The van der Waals surface area contributed by atoms with Crippen LogP contribution in [0.5, 0.6) is 0 Å². The molecule has 2 aromatic heterocycles. The number of ketones is 1. The summed E-state index contributed by atoms with van der Waals surface area (Å²) in [5.74, 6) is 0.847. The van der Waals surface area contributed by atoms with Crippen molar-refractivity contribution in [2.24, 2.45) is 0 Å². The predicted molar refractivity (Wildman–Crippen MR) is 107 cm³/mol. The lowest BCUT2D eigenvalue weighted by Crippen LogP contribution is -2.55. The highest BCUT2D eigenvalue weighted by Crippen LogP contribution is 2.27. The topological polar surface area (TPSA) is 53.7 Å². The number of fused-ring (bicyclic) bond motifs is 1. The number of Topliss-reactive ketones (excluding diaryl/α,β-unsaturated/α-hetero) is 1. The number of hydrogen-bond acceptors (Lipinski definition) is 5. The molecule has 0 N–H and O–H groups in total. The first-order valence-corrected chi connectivity index (χ1v) is 9.38. The highest BCUT2D eigenvalue weighted by Gasteiger charge is 2.28. The summed E-state index contributed by atoms with van der Waals surface area (Å²) in [6.45, 7) is 7.91. The van der Waals surface area contributed by atoms with Gasteiger partial charge in [0.15, 0.2) is 11.4 Å². The average Bonchev–Trinajstić information content (AvgIpc) is 3.04. The molecule has 0 radical (unpaired) electrons. The van der Waals surface area contributed by atoms with Crippen LogP contribution in [-0.2, 0) is 0 Å². The molecule has 27 heavy (non-hydrogen) atoms. The van der Waals surface area contributed by atoms with Gasteiger partial charge in [0.05, 0.1) is 0 Å². The van der Waals surface area contributed by atoms with Gasteiger partial charge in [-0.15, -0.1) is 5.10 Å². The van der Waals surface area contributed by atoms with Crippen LogP contribution in [0.25, 0.3) is 16.9 Å². The van der Waals surface area contributed by atoms with Crippen molar-refractivity contribution in [2.45, 2.75) is 32.9 Å². The molecule has 0 unspecified atom stereocenters. The van der Waals surface area contributed by atoms with Crippen LogP contribution in [0.2, 0.25) is 0 Å². The molecule has 3 heterocycles. The van der Waals surface area contributed by atoms with Gasteiger partial charge in [0, 0.05) is 37.7 Å². The molecule has 1 aliphatic heterocycles. The Balaban J connectivity index is 1.83. The minimum absolute atomic E-state index is 0.0363. The molecular formula is C21H25N5O. The number of rotatable bonds is 3. The summed E-state index contributed by atoms with van der Waals surface area (Å²) in [7, 11) is 2.16. The molecule has 1 fully saturated rings. The summed E-state index contributed by atoms with van der Waals surface area (Å²) in [4.78, 5) is 21.8. The summed E-state index contributed by atoms with van der Waals surface area (Å²) >= 11 is 0. The number of likely N-dealkylation sites (N-methyl/N-ethyl adjacent to an activating group) is 1. The van der Waals surface area contributed by atoms with Crippen LogP contribution in [0, 0.1) is 0 Å². The van der Waals surface area contributed by atoms with Gasteiger partial charge in [0.1, 0.15) is 17.2 Å². The van der Waals surface area contributed by atoms with E-state index in [0.29, 0.717) is 29.1 Å². The van der Waals surface area contributed by atoms with E-state index in [1.165, 1.54) is 0 Å². The maximum atomic E-state index is 12.4. The molecule has 4 rings (SSSR count). The highest BCUT2D eigenvalue weighted by molar-refractivity contribution is 5.99. The van der Waals surface area contributed by atoms with E-state index in [-0.39, 0.29) is 5.78 Å². The number of hydrogen-bond donors (Lipinski definition) is 0. The van der Waals surface area contributed by atoms with Gasteiger partial charge in [-0.1, -0.05) is 30.3 Å². The van der Waals surface area contributed by atoms with Crippen LogP contribution in [0.15, 0.2) is 42.5 Å². The fraction of sp³-hybridized carbons (Fsp3) is 0.381. The predicted octanol–water partition coefficient (Wildman–Crippen LogP) is 3.13. The summed E-state index contributed by atoms with van der Waals surface area (Å²) < 4.78 is 1.70. The van der Waals surface area contributed by atoms with Gasteiger partial charge in [-0.25, -0.2) is 9.50 Å². The van der Waals surface area contributed by atoms with Crippen molar-refractivity contribution < 1.29 is 4.79 Å². The molecule has 0 amide bonds. The molecule has 1 aromatic carbocycles. The zero-order valence-electron chi connectivity index (χ0n) is 16.3. The van der Waals surface area contributed by atoms with E-state index in [9.17, 15) is 4.79 Å². The van der Waals surface area contributed by atoms with Gasteiger partial charge in [-0.05, 0) is 33.0 Å². The van der Waals surface area contributed by atoms with Crippen molar-refractivity contribution in [1.29, 1.82) is 0 Å². The largest absolute Gasteiger partial charge is 0.350 e. The highest BCUT2D eigenvalue weighted by atomic mass is 16.1. The smallest absolute Gasteiger partial charge is 0.180 e. The van der Waals surface area contributed by atoms with Crippen LogP contribution in [0.3, 0.4) is 0 Å². The van der Waals surface area contributed by atoms with Crippen molar-refractivity contribution >= 4 is 17.2 Å². The number of anilines is 1. The normalized spacial score (nSPS) is 21.0. The lowest BCUT2D eigenvalue weighted by molar-refractivity contribution is 0.101. The Morgan fingerprint density at radius 1 is 1.04 bits per heavy atom. The second-order valence-corrected chi connectivity index (χ2v) is 7.48. The molecule has 1 aliphatic rings. The van der Waals surface area contributed by atoms with E-state index in [1.807, 2.05) is 42.5 Å². The minimum atomic E-state index is -0.0363. The van der Waals surface area contributed by atoms with E-state index < -0.39 is 0 Å². The van der Waals surface area contributed by atoms with Gasteiger partial charge in [-0.3, -0.25) is 9.69 Å². The van der Waals surface area contributed by atoms with Crippen LogP contribution < -0.4 is 4.90 Å². The zero-order chi connectivity index (χ0) is 19.1. The van der Waals surface area contributed by atoms with Gasteiger partial charge in [0.2, 0.25) is 0 Å². The number of imidazole rings is 1. The SMILES string of the molecule is CC(=O)c1c(-c2ccccc2)nc2ccc(N3C[C@H](C)N(C)C[C@@H]3C)nn12. The van der Waals surface area contributed by atoms with E-state index in [4.69, 9.17) is 5.10 Å². The van der Waals surface area contributed by atoms with Crippen molar-refractivity contribution in [1.82, 2.24) is 19.5 Å². The molecule has 3 aromatic rings. The molecule has 6 heteroatoms. The molecule has 0 aliphatic carbocycles. The summed E-state index contributed by atoms with van der Waals surface area (Å²) in [6, 6.07) is 14.6. The third-order valence-electron chi connectivity index (χ3n) is 5.44. The zero-order valence-corrected chi connectivity index (χ0v) is 16.3.